The highest BCUT2D eigenvalue weighted by Gasteiger charge is 2.38. The van der Waals surface area contributed by atoms with Gasteiger partial charge in [-0.2, -0.15) is 0 Å². The quantitative estimate of drug-likeness (QED) is 0.643. The van der Waals surface area contributed by atoms with E-state index in [1.54, 1.807) is 6.92 Å². The van der Waals surface area contributed by atoms with Crippen molar-refractivity contribution in [3.05, 3.63) is 27.9 Å². The van der Waals surface area contributed by atoms with Crippen LogP contribution >= 0.6 is 0 Å². The Bertz CT molecular complexity index is 563. The van der Waals surface area contributed by atoms with Crippen LogP contribution < -0.4 is 4.90 Å². The molecule has 0 aromatic carbocycles. The maximum Gasteiger partial charge on any atom is 0.311 e. The van der Waals surface area contributed by atoms with Gasteiger partial charge in [0.1, 0.15) is 17.9 Å². The first-order valence-corrected chi connectivity index (χ1v) is 6.64. The first-order chi connectivity index (χ1) is 9.95. The molecule has 1 aromatic heterocycles. The number of hydrogen-bond acceptors (Lipinski definition) is 6. The summed E-state index contributed by atoms with van der Waals surface area (Å²) in [5.74, 6) is -0.971. The molecule has 21 heavy (non-hydrogen) atoms. The summed E-state index contributed by atoms with van der Waals surface area (Å²) in [6, 6.07) is 1.12. The Morgan fingerprint density at radius 1 is 1.62 bits per heavy atom. The average Bonchev–Trinajstić information content (AvgIpc) is 2.90. The van der Waals surface area contributed by atoms with E-state index < -0.39 is 16.8 Å². The van der Waals surface area contributed by atoms with E-state index in [9.17, 15) is 20.0 Å². The molecular weight excluding hydrogens is 278 g/mol. The molecule has 1 aromatic rings. The number of rotatable bonds is 5. The van der Waals surface area contributed by atoms with Gasteiger partial charge in [0.25, 0.3) is 5.69 Å². The van der Waals surface area contributed by atoms with Crippen molar-refractivity contribution in [2.24, 2.45) is 5.92 Å². The van der Waals surface area contributed by atoms with Crippen molar-refractivity contribution < 1.29 is 19.6 Å². The molecule has 1 fully saturated rings. The summed E-state index contributed by atoms with van der Waals surface area (Å²) in [6.07, 6.45) is 1.19. The molecular formula is C13H17N3O5. The van der Waals surface area contributed by atoms with Crippen LogP contribution in [-0.4, -0.2) is 46.8 Å². The molecule has 2 atom stereocenters. The predicted molar refractivity (Wildman–Crippen MR) is 74.4 cm³/mol. The van der Waals surface area contributed by atoms with Gasteiger partial charge in [0, 0.05) is 12.6 Å². The van der Waals surface area contributed by atoms with Crippen LogP contribution in [0.5, 0.6) is 0 Å². The number of anilines is 1. The molecule has 0 radical (unpaired) electrons. The van der Waals surface area contributed by atoms with Crippen LogP contribution in [0, 0.1) is 23.0 Å². The fourth-order valence-electron chi connectivity index (χ4n) is 2.58. The molecule has 0 spiro atoms. The third-order valence-electron chi connectivity index (χ3n) is 3.63. The zero-order valence-corrected chi connectivity index (χ0v) is 11.9. The summed E-state index contributed by atoms with van der Waals surface area (Å²) in [4.78, 5) is 27.5. The van der Waals surface area contributed by atoms with Crippen LogP contribution in [0.1, 0.15) is 12.5 Å². The van der Waals surface area contributed by atoms with Crippen molar-refractivity contribution >= 4 is 17.5 Å². The number of nitro groups is 1. The number of carboxylic acids is 1. The van der Waals surface area contributed by atoms with Gasteiger partial charge in [0.15, 0.2) is 0 Å². The molecule has 0 amide bonds. The number of carboxylic acid groups (broad SMARTS) is 1. The lowest BCUT2D eigenvalue weighted by Crippen LogP contribution is -2.44. The topological polar surface area (TPSA) is 106 Å². The lowest BCUT2D eigenvalue weighted by molar-refractivity contribution is -0.385. The van der Waals surface area contributed by atoms with Crippen LogP contribution in [0.25, 0.3) is 0 Å². The number of nitrogens with zero attached hydrogens (tertiary/aromatic N) is 3. The maximum atomic E-state index is 11.3. The minimum atomic E-state index is -0.907. The molecule has 0 bridgehead atoms. The smallest absolute Gasteiger partial charge is 0.311 e. The van der Waals surface area contributed by atoms with Gasteiger partial charge in [-0.1, -0.05) is 0 Å². The summed E-state index contributed by atoms with van der Waals surface area (Å²) in [7, 11) is 0. The third-order valence-corrected chi connectivity index (χ3v) is 3.63. The minimum absolute atomic E-state index is 0.0789. The number of aliphatic carboxylic acids is 1. The largest absolute Gasteiger partial charge is 0.481 e. The van der Waals surface area contributed by atoms with Crippen molar-refractivity contribution in [3.8, 4) is 0 Å². The van der Waals surface area contributed by atoms with E-state index in [-0.39, 0.29) is 18.3 Å². The van der Waals surface area contributed by atoms with Crippen molar-refractivity contribution in [2.45, 2.75) is 19.9 Å². The number of carbonyl (C=O) groups is 1. The second-order valence-corrected chi connectivity index (χ2v) is 4.93. The van der Waals surface area contributed by atoms with Gasteiger partial charge in [0.05, 0.1) is 24.2 Å². The Balaban J connectivity index is 2.33. The number of likely N-dealkylation sites (N-methyl/N-ethyl adjacent to an activating group) is 1. The van der Waals surface area contributed by atoms with E-state index in [1.165, 1.54) is 12.3 Å². The number of aryl methyl sites for hydroxylation is 1. The van der Waals surface area contributed by atoms with Crippen LogP contribution in [0.2, 0.25) is 0 Å². The SMILES string of the molecule is CCN(c1ncc([N+](=O)[O-])cc1C)C1COCC1C(=O)O. The normalized spacial score (nSPS) is 21.2. The highest BCUT2D eigenvalue weighted by molar-refractivity contribution is 5.72. The zero-order valence-electron chi connectivity index (χ0n) is 11.9. The van der Waals surface area contributed by atoms with E-state index >= 15 is 0 Å². The van der Waals surface area contributed by atoms with Gasteiger partial charge in [-0.25, -0.2) is 4.98 Å². The lowest BCUT2D eigenvalue weighted by Gasteiger charge is -2.31. The highest BCUT2D eigenvalue weighted by Crippen LogP contribution is 2.28. The average molecular weight is 295 g/mol. The predicted octanol–water partition coefficient (Wildman–Crippen LogP) is 1.22. The molecule has 0 saturated carbocycles. The Morgan fingerprint density at radius 2 is 2.33 bits per heavy atom. The van der Waals surface area contributed by atoms with E-state index in [0.717, 1.165) is 0 Å². The van der Waals surface area contributed by atoms with Crippen LogP contribution in [0.15, 0.2) is 12.3 Å². The third kappa shape index (κ3) is 2.94. The van der Waals surface area contributed by atoms with Gasteiger partial charge in [-0.15, -0.1) is 0 Å². The van der Waals surface area contributed by atoms with Crippen LogP contribution in [-0.2, 0) is 9.53 Å². The molecule has 1 aliphatic rings. The minimum Gasteiger partial charge on any atom is -0.481 e. The number of hydrogen-bond donors (Lipinski definition) is 1. The standard InChI is InChI=1S/C13H17N3O5/c1-3-15(11-7-21-6-10(11)13(17)18)12-8(2)4-9(5-14-12)16(19)20/h4-5,10-11H,3,6-7H2,1-2H3,(H,17,18). The van der Waals surface area contributed by atoms with E-state index in [1.807, 2.05) is 11.8 Å². The molecule has 8 nitrogen and oxygen atoms in total. The van der Waals surface area contributed by atoms with Gasteiger partial charge in [0.2, 0.25) is 0 Å². The Hall–Kier alpha value is -2.22. The lowest BCUT2D eigenvalue weighted by atomic mass is 10.0. The Kier molecular flexibility index (Phi) is 4.37. The second-order valence-electron chi connectivity index (χ2n) is 4.93. The van der Waals surface area contributed by atoms with E-state index in [2.05, 4.69) is 4.98 Å². The molecule has 2 rings (SSSR count). The monoisotopic (exact) mass is 295 g/mol. The van der Waals surface area contributed by atoms with Crippen molar-refractivity contribution in [1.29, 1.82) is 0 Å². The van der Waals surface area contributed by atoms with Crippen molar-refractivity contribution in [2.75, 3.05) is 24.7 Å². The molecule has 1 saturated heterocycles. The number of aromatic nitrogens is 1. The summed E-state index contributed by atoms with van der Waals surface area (Å²) in [6.45, 7) is 4.64. The van der Waals surface area contributed by atoms with Crippen molar-refractivity contribution in [1.82, 2.24) is 4.98 Å². The summed E-state index contributed by atoms with van der Waals surface area (Å²) >= 11 is 0. The molecule has 0 aliphatic carbocycles. The van der Waals surface area contributed by atoms with Gasteiger partial charge in [-0.05, 0) is 19.4 Å². The fraction of sp³-hybridized carbons (Fsp3) is 0.538. The Morgan fingerprint density at radius 3 is 2.86 bits per heavy atom. The first-order valence-electron chi connectivity index (χ1n) is 6.64. The Labute approximate surface area is 121 Å². The van der Waals surface area contributed by atoms with Crippen LogP contribution in [0.3, 0.4) is 0 Å². The second kappa shape index (κ2) is 6.04. The van der Waals surface area contributed by atoms with Crippen LogP contribution in [0.4, 0.5) is 11.5 Å². The van der Waals surface area contributed by atoms with Gasteiger partial charge in [-0.3, -0.25) is 14.9 Å². The molecule has 1 aliphatic heterocycles. The van der Waals surface area contributed by atoms with E-state index in [4.69, 9.17) is 4.74 Å². The summed E-state index contributed by atoms with van der Waals surface area (Å²) < 4.78 is 5.28. The molecule has 2 heterocycles. The molecule has 8 heteroatoms. The van der Waals surface area contributed by atoms with Crippen molar-refractivity contribution in [3.63, 3.8) is 0 Å². The molecule has 1 N–H and O–H groups in total. The number of pyridine rings is 1. The maximum absolute atomic E-state index is 11.3. The van der Waals surface area contributed by atoms with E-state index in [0.29, 0.717) is 24.5 Å². The first kappa shape index (κ1) is 15.2. The fourth-order valence-corrected chi connectivity index (χ4v) is 2.58. The highest BCUT2D eigenvalue weighted by atomic mass is 16.6. The zero-order chi connectivity index (χ0) is 15.6. The van der Waals surface area contributed by atoms with Gasteiger partial charge < -0.3 is 14.7 Å². The summed E-state index contributed by atoms with van der Waals surface area (Å²) in [5, 5.41) is 20.0. The van der Waals surface area contributed by atoms with Gasteiger partial charge >= 0.3 is 5.97 Å². The summed E-state index contributed by atoms with van der Waals surface area (Å²) in [5.41, 5.74) is 0.562. The number of ether oxygens (including phenoxy) is 1. The molecule has 2 unspecified atom stereocenters. The molecule has 114 valence electrons.